The van der Waals surface area contributed by atoms with Crippen molar-refractivity contribution in [3.63, 3.8) is 0 Å². The van der Waals surface area contributed by atoms with Crippen LogP contribution in [0.4, 0.5) is 0 Å². The van der Waals surface area contributed by atoms with Gasteiger partial charge >= 0.3 is 0 Å². The van der Waals surface area contributed by atoms with Crippen LogP contribution in [0.3, 0.4) is 0 Å². The van der Waals surface area contributed by atoms with Crippen molar-refractivity contribution in [1.82, 2.24) is 14.9 Å². The first-order valence-electron chi connectivity index (χ1n) is 5.97. The van der Waals surface area contributed by atoms with Crippen molar-refractivity contribution in [1.29, 1.82) is 0 Å². The molecule has 0 aromatic carbocycles. The highest BCUT2D eigenvalue weighted by Crippen LogP contribution is 2.27. The van der Waals surface area contributed by atoms with E-state index in [0.29, 0.717) is 5.92 Å². The minimum absolute atomic E-state index is 0.646. The molecule has 2 aromatic heterocycles. The van der Waals surface area contributed by atoms with Crippen molar-refractivity contribution in [2.45, 2.75) is 18.8 Å². The fourth-order valence-electron chi connectivity index (χ4n) is 2.68. The Kier molecular flexibility index (Phi) is 2.40. The van der Waals surface area contributed by atoms with Gasteiger partial charge in [-0.1, -0.05) is 0 Å². The van der Waals surface area contributed by atoms with Gasteiger partial charge in [0.15, 0.2) is 0 Å². The lowest BCUT2D eigenvalue weighted by atomic mass is 9.96. The van der Waals surface area contributed by atoms with E-state index in [2.05, 4.69) is 34.0 Å². The maximum absolute atomic E-state index is 4.42. The van der Waals surface area contributed by atoms with Crippen molar-refractivity contribution in [3.05, 3.63) is 30.1 Å². The summed E-state index contributed by atoms with van der Waals surface area (Å²) in [5, 5.41) is 3.47. The molecule has 0 aliphatic carbocycles. The quantitative estimate of drug-likeness (QED) is 0.789. The van der Waals surface area contributed by atoms with E-state index < -0.39 is 0 Å². The molecule has 0 bridgehead atoms. The van der Waals surface area contributed by atoms with Crippen molar-refractivity contribution in [3.8, 4) is 0 Å². The van der Waals surface area contributed by atoms with Crippen LogP contribution in [-0.4, -0.2) is 22.6 Å². The molecule has 16 heavy (non-hydrogen) atoms. The van der Waals surface area contributed by atoms with Crippen LogP contribution < -0.4 is 5.32 Å². The first-order chi connectivity index (χ1) is 7.86. The third-order valence-corrected chi connectivity index (χ3v) is 3.56. The molecule has 1 saturated heterocycles. The molecule has 1 fully saturated rings. The number of rotatable bonds is 1. The van der Waals surface area contributed by atoms with E-state index in [0.717, 1.165) is 12.1 Å². The van der Waals surface area contributed by atoms with Gasteiger partial charge in [-0.3, -0.25) is 4.98 Å². The highest BCUT2D eigenvalue weighted by atomic mass is 15.0. The Morgan fingerprint density at radius 2 is 2.44 bits per heavy atom. The molecule has 3 rings (SSSR count). The predicted octanol–water partition coefficient (Wildman–Crippen LogP) is 2.04. The number of aryl methyl sites for hydroxylation is 1. The molecule has 3 nitrogen and oxygen atoms in total. The number of hydrogen-bond acceptors (Lipinski definition) is 2. The summed E-state index contributed by atoms with van der Waals surface area (Å²) in [7, 11) is 2.15. The van der Waals surface area contributed by atoms with E-state index in [1.807, 2.05) is 12.3 Å². The van der Waals surface area contributed by atoms with Crippen LogP contribution >= 0.6 is 0 Å². The van der Waals surface area contributed by atoms with Gasteiger partial charge in [-0.15, -0.1) is 0 Å². The Balaban J connectivity index is 2.05. The average molecular weight is 215 g/mol. The zero-order valence-electron chi connectivity index (χ0n) is 9.61. The van der Waals surface area contributed by atoms with Crippen LogP contribution in [0.5, 0.6) is 0 Å². The largest absolute Gasteiger partial charge is 0.346 e. The zero-order valence-corrected chi connectivity index (χ0v) is 9.61. The van der Waals surface area contributed by atoms with Crippen LogP contribution in [0.2, 0.25) is 0 Å². The Labute approximate surface area is 95.5 Å². The summed E-state index contributed by atoms with van der Waals surface area (Å²) in [6, 6.07) is 6.39. The fourth-order valence-corrected chi connectivity index (χ4v) is 2.68. The van der Waals surface area contributed by atoms with E-state index in [-0.39, 0.29) is 0 Å². The Hall–Kier alpha value is -1.35. The fraction of sp³-hybridized carbons (Fsp3) is 0.462. The van der Waals surface area contributed by atoms with Crippen LogP contribution in [0.15, 0.2) is 24.4 Å². The lowest BCUT2D eigenvalue weighted by Crippen LogP contribution is -2.29. The minimum Gasteiger partial charge on any atom is -0.346 e. The SMILES string of the molecule is Cn1c(C2CCCNC2)cc2ncccc21. The smallest absolute Gasteiger partial charge is 0.0883 e. The van der Waals surface area contributed by atoms with Gasteiger partial charge in [-0.2, -0.15) is 0 Å². The summed E-state index contributed by atoms with van der Waals surface area (Å²) < 4.78 is 2.29. The Morgan fingerprint density at radius 1 is 1.50 bits per heavy atom. The van der Waals surface area contributed by atoms with Crippen LogP contribution in [-0.2, 0) is 7.05 Å². The number of fused-ring (bicyclic) bond motifs is 1. The zero-order chi connectivity index (χ0) is 11.0. The first-order valence-corrected chi connectivity index (χ1v) is 5.97. The number of pyridine rings is 1. The predicted molar refractivity (Wildman–Crippen MR) is 65.6 cm³/mol. The second-order valence-corrected chi connectivity index (χ2v) is 4.58. The molecule has 1 aliphatic rings. The summed E-state index contributed by atoms with van der Waals surface area (Å²) in [6.07, 6.45) is 4.43. The third kappa shape index (κ3) is 1.52. The molecular weight excluding hydrogens is 198 g/mol. The van der Waals surface area contributed by atoms with E-state index in [1.165, 1.54) is 30.6 Å². The molecule has 0 saturated carbocycles. The highest BCUT2D eigenvalue weighted by Gasteiger charge is 2.19. The molecule has 0 radical (unpaired) electrons. The van der Waals surface area contributed by atoms with Crippen LogP contribution in [0.1, 0.15) is 24.5 Å². The first kappa shape index (κ1) is 9.85. The maximum Gasteiger partial charge on any atom is 0.0883 e. The molecule has 1 atom stereocenters. The van der Waals surface area contributed by atoms with Crippen LogP contribution in [0, 0.1) is 0 Å². The van der Waals surface area contributed by atoms with Crippen molar-refractivity contribution in [2.24, 2.45) is 7.05 Å². The lowest BCUT2D eigenvalue weighted by Gasteiger charge is -2.23. The van der Waals surface area contributed by atoms with E-state index in [1.54, 1.807) is 0 Å². The number of hydrogen-bond donors (Lipinski definition) is 1. The molecule has 1 N–H and O–H groups in total. The molecular formula is C13H17N3. The average Bonchev–Trinajstić information content (AvgIpc) is 2.69. The standard InChI is InChI=1S/C13H17N3/c1-16-12-5-3-7-15-11(12)8-13(16)10-4-2-6-14-9-10/h3,5,7-8,10,14H,2,4,6,9H2,1H3. The molecule has 1 unspecified atom stereocenters. The second-order valence-electron chi connectivity index (χ2n) is 4.58. The second kappa shape index (κ2) is 3.91. The molecule has 84 valence electrons. The highest BCUT2D eigenvalue weighted by molar-refractivity contribution is 5.76. The monoisotopic (exact) mass is 215 g/mol. The number of aromatic nitrogens is 2. The molecule has 3 heteroatoms. The van der Waals surface area contributed by atoms with Crippen LogP contribution in [0.25, 0.3) is 11.0 Å². The molecule has 0 amide bonds. The number of nitrogens with one attached hydrogen (secondary N) is 1. The summed E-state index contributed by atoms with van der Waals surface area (Å²) in [5.41, 5.74) is 3.77. The summed E-state index contributed by atoms with van der Waals surface area (Å²) in [4.78, 5) is 4.42. The summed E-state index contributed by atoms with van der Waals surface area (Å²) >= 11 is 0. The van der Waals surface area contributed by atoms with E-state index in [4.69, 9.17) is 0 Å². The van der Waals surface area contributed by atoms with Gasteiger partial charge in [0.1, 0.15) is 0 Å². The molecule has 1 aliphatic heterocycles. The Bertz CT molecular complexity index is 495. The normalized spacial score (nSPS) is 21.4. The lowest BCUT2D eigenvalue weighted by molar-refractivity contribution is 0.448. The van der Waals surface area contributed by atoms with Gasteiger partial charge in [0, 0.05) is 31.4 Å². The van der Waals surface area contributed by atoms with Gasteiger partial charge in [-0.05, 0) is 37.6 Å². The summed E-state index contributed by atoms with van der Waals surface area (Å²) in [5.74, 6) is 0.646. The Morgan fingerprint density at radius 3 is 3.19 bits per heavy atom. The van der Waals surface area contributed by atoms with Crippen molar-refractivity contribution < 1.29 is 0 Å². The van der Waals surface area contributed by atoms with Crippen molar-refractivity contribution in [2.75, 3.05) is 13.1 Å². The van der Waals surface area contributed by atoms with Gasteiger partial charge < -0.3 is 9.88 Å². The van der Waals surface area contributed by atoms with Gasteiger partial charge in [0.25, 0.3) is 0 Å². The van der Waals surface area contributed by atoms with Gasteiger partial charge in [0.05, 0.1) is 11.0 Å². The third-order valence-electron chi connectivity index (χ3n) is 3.56. The molecule has 3 heterocycles. The molecule has 2 aromatic rings. The number of piperidine rings is 1. The number of nitrogens with zero attached hydrogens (tertiary/aromatic N) is 2. The minimum atomic E-state index is 0.646. The summed E-state index contributed by atoms with van der Waals surface area (Å²) in [6.45, 7) is 2.27. The van der Waals surface area contributed by atoms with Gasteiger partial charge in [0.2, 0.25) is 0 Å². The van der Waals surface area contributed by atoms with E-state index >= 15 is 0 Å². The van der Waals surface area contributed by atoms with E-state index in [9.17, 15) is 0 Å². The topological polar surface area (TPSA) is 29.9 Å². The van der Waals surface area contributed by atoms with Gasteiger partial charge in [-0.25, -0.2) is 0 Å². The van der Waals surface area contributed by atoms with Crippen molar-refractivity contribution >= 4 is 11.0 Å². The molecule has 0 spiro atoms. The maximum atomic E-state index is 4.42.